The number of para-hydroxylation sites is 2. The number of aromatic nitrogens is 2. The van der Waals surface area contributed by atoms with Gasteiger partial charge in [-0.1, -0.05) is 49.4 Å². The highest BCUT2D eigenvalue weighted by molar-refractivity contribution is 5.84. The fraction of sp³-hybridized carbons (Fsp3) is 0.273. The first-order chi connectivity index (χ1) is 14.5. The van der Waals surface area contributed by atoms with Crippen molar-refractivity contribution in [3.05, 3.63) is 66.0 Å². The maximum absolute atomic E-state index is 12.4. The van der Waals surface area contributed by atoms with Crippen LogP contribution >= 0.6 is 0 Å². The topological polar surface area (TPSA) is 105 Å². The number of benzene rings is 2. The smallest absolute Gasteiger partial charge is 0.258 e. The highest BCUT2D eigenvalue weighted by Gasteiger charge is 2.18. The van der Waals surface area contributed by atoms with Gasteiger partial charge in [-0.3, -0.25) is 25.2 Å². The Bertz CT molecular complexity index is 1050. The quantitative estimate of drug-likeness (QED) is 0.521. The number of hydrazine groups is 1. The minimum atomic E-state index is -0.482. The van der Waals surface area contributed by atoms with Crippen molar-refractivity contribution in [3.63, 3.8) is 0 Å². The lowest BCUT2D eigenvalue weighted by atomic mass is 10.0. The van der Waals surface area contributed by atoms with Crippen LogP contribution in [0.2, 0.25) is 0 Å². The number of carbonyl (C=O) groups excluding carboxylic acids is 3. The number of nitrogens with one attached hydrogen (secondary N) is 3. The van der Waals surface area contributed by atoms with E-state index in [9.17, 15) is 14.4 Å². The van der Waals surface area contributed by atoms with Crippen molar-refractivity contribution in [1.82, 2.24) is 25.7 Å². The lowest BCUT2D eigenvalue weighted by Crippen LogP contribution is -2.44. The van der Waals surface area contributed by atoms with Gasteiger partial charge < -0.3 is 9.88 Å². The molecular formula is C22H25N5O3. The second kappa shape index (κ2) is 9.69. The van der Waals surface area contributed by atoms with Gasteiger partial charge in [0, 0.05) is 13.3 Å². The number of imidazole rings is 1. The number of nitrogens with zero attached hydrogens (tertiary/aromatic N) is 2. The third kappa shape index (κ3) is 5.22. The standard InChI is InChI=1S/C22H25N5O3/c1-3-20-24-17-11-7-8-12-19(17)27(20)14-22(30)26-25-21(29)13-18(23-15(2)28)16-9-5-4-6-10-16/h4-12,18H,3,13-14H2,1-2H3,(H,23,28)(H,25,29)(H,26,30)/t18-/m1/s1. The van der Waals surface area contributed by atoms with Crippen molar-refractivity contribution in [2.45, 2.75) is 39.3 Å². The van der Waals surface area contributed by atoms with Gasteiger partial charge in [-0.05, 0) is 17.7 Å². The summed E-state index contributed by atoms with van der Waals surface area (Å²) >= 11 is 0. The highest BCUT2D eigenvalue weighted by atomic mass is 16.2. The van der Waals surface area contributed by atoms with E-state index in [2.05, 4.69) is 21.2 Å². The number of hydrogen-bond donors (Lipinski definition) is 3. The molecule has 0 aliphatic rings. The van der Waals surface area contributed by atoms with Gasteiger partial charge in [-0.25, -0.2) is 4.98 Å². The van der Waals surface area contributed by atoms with E-state index < -0.39 is 11.9 Å². The van der Waals surface area contributed by atoms with Gasteiger partial charge in [-0.15, -0.1) is 0 Å². The van der Waals surface area contributed by atoms with Crippen LogP contribution < -0.4 is 16.2 Å². The van der Waals surface area contributed by atoms with Crippen molar-refractivity contribution >= 4 is 28.8 Å². The molecule has 0 bridgehead atoms. The SMILES string of the molecule is CCc1nc2ccccc2n1CC(=O)NNC(=O)C[C@@H](NC(C)=O)c1ccccc1. The molecule has 8 heteroatoms. The minimum Gasteiger partial charge on any atom is -0.349 e. The largest absolute Gasteiger partial charge is 0.349 e. The van der Waals surface area contributed by atoms with E-state index in [4.69, 9.17) is 0 Å². The van der Waals surface area contributed by atoms with E-state index in [1.165, 1.54) is 6.92 Å². The summed E-state index contributed by atoms with van der Waals surface area (Å²) in [7, 11) is 0. The van der Waals surface area contributed by atoms with Crippen LogP contribution in [-0.2, 0) is 27.3 Å². The van der Waals surface area contributed by atoms with Crippen LogP contribution in [0.3, 0.4) is 0 Å². The van der Waals surface area contributed by atoms with E-state index in [1.807, 2.05) is 66.1 Å². The van der Waals surface area contributed by atoms with E-state index >= 15 is 0 Å². The van der Waals surface area contributed by atoms with Crippen molar-refractivity contribution in [2.24, 2.45) is 0 Å². The molecule has 3 rings (SSSR count). The number of amides is 3. The maximum Gasteiger partial charge on any atom is 0.258 e. The Morgan fingerprint density at radius 2 is 1.63 bits per heavy atom. The molecule has 0 aliphatic carbocycles. The van der Waals surface area contributed by atoms with E-state index in [1.54, 1.807) is 0 Å². The van der Waals surface area contributed by atoms with Crippen LogP contribution in [0, 0.1) is 0 Å². The third-order valence-electron chi connectivity index (χ3n) is 4.66. The molecule has 0 saturated carbocycles. The molecule has 0 unspecified atom stereocenters. The predicted molar refractivity (Wildman–Crippen MR) is 113 cm³/mol. The Morgan fingerprint density at radius 1 is 0.967 bits per heavy atom. The zero-order chi connectivity index (χ0) is 21.5. The summed E-state index contributed by atoms with van der Waals surface area (Å²) in [4.78, 5) is 40.8. The van der Waals surface area contributed by atoms with Gasteiger partial charge in [0.2, 0.25) is 11.8 Å². The molecule has 30 heavy (non-hydrogen) atoms. The van der Waals surface area contributed by atoms with Crippen LogP contribution in [0.1, 0.15) is 37.7 Å². The second-order valence-corrected chi connectivity index (χ2v) is 6.92. The summed E-state index contributed by atoms with van der Waals surface area (Å²) in [6.07, 6.45) is 0.682. The Balaban J connectivity index is 1.60. The molecule has 0 aliphatic heterocycles. The van der Waals surface area contributed by atoms with Crippen LogP contribution in [0.4, 0.5) is 0 Å². The first-order valence-corrected chi connectivity index (χ1v) is 9.81. The summed E-state index contributed by atoms with van der Waals surface area (Å²) in [5.41, 5.74) is 7.38. The van der Waals surface area contributed by atoms with Crippen molar-refractivity contribution in [2.75, 3.05) is 0 Å². The maximum atomic E-state index is 12.4. The molecule has 0 spiro atoms. The molecule has 2 aromatic carbocycles. The Labute approximate surface area is 174 Å². The molecule has 1 heterocycles. The number of hydrogen-bond acceptors (Lipinski definition) is 4. The summed E-state index contributed by atoms with van der Waals surface area (Å²) in [5, 5.41) is 2.76. The number of aryl methyl sites for hydroxylation is 1. The van der Waals surface area contributed by atoms with Gasteiger partial charge in [0.25, 0.3) is 5.91 Å². The average Bonchev–Trinajstić information content (AvgIpc) is 3.09. The minimum absolute atomic E-state index is 0.00190. The van der Waals surface area contributed by atoms with E-state index in [0.29, 0.717) is 6.42 Å². The lowest BCUT2D eigenvalue weighted by Gasteiger charge is -2.18. The van der Waals surface area contributed by atoms with Crippen LogP contribution in [-0.4, -0.2) is 27.3 Å². The molecule has 1 aromatic heterocycles. The van der Waals surface area contributed by atoms with Gasteiger partial charge >= 0.3 is 0 Å². The summed E-state index contributed by atoms with van der Waals surface area (Å²) < 4.78 is 1.83. The van der Waals surface area contributed by atoms with Crippen molar-refractivity contribution in [1.29, 1.82) is 0 Å². The molecular weight excluding hydrogens is 382 g/mol. The lowest BCUT2D eigenvalue weighted by molar-refractivity contribution is -0.129. The average molecular weight is 407 g/mol. The molecule has 8 nitrogen and oxygen atoms in total. The second-order valence-electron chi connectivity index (χ2n) is 6.92. The number of carbonyl (C=O) groups is 3. The summed E-state index contributed by atoms with van der Waals surface area (Å²) in [6.45, 7) is 3.41. The summed E-state index contributed by atoms with van der Waals surface area (Å²) in [5.74, 6) is -0.207. The van der Waals surface area contributed by atoms with E-state index in [0.717, 1.165) is 22.4 Å². The molecule has 3 aromatic rings. The fourth-order valence-corrected chi connectivity index (χ4v) is 3.31. The molecule has 156 valence electrons. The molecule has 3 amide bonds. The Morgan fingerprint density at radius 3 is 2.33 bits per heavy atom. The zero-order valence-electron chi connectivity index (χ0n) is 17.0. The van der Waals surface area contributed by atoms with Crippen molar-refractivity contribution in [3.8, 4) is 0 Å². The molecule has 0 radical (unpaired) electrons. The van der Waals surface area contributed by atoms with Gasteiger partial charge in [0.05, 0.1) is 23.5 Å². The number of fused-ring (bicyclic) bond motifs is 1. The fourth-order valence-electron chi connectivity index (χ4n) is 3.31. The normalized spacial score (nSPS) is 11.7. The first-order valence-electron chi connectivity index (χ1n) is 9.81. The van der Waals surface area contributed by atoms with Gasteiger partial charge in [-0.2, -0.15) is 0 Å². The van der Waals surface area contributed by atoms with E-state index in [-0.39, 0.29) is 24.8 Å². The summed E-state index contributed by atoms with van der Waals surface area (Å²) in [6, 6.07) is 16.3. The molecule has 3 N–H and O–H groups in total. The monoisotopic (exact) mass is 407 g/mol. The van der Waals surface area contributed by atoms with Crippen LogP contribution in [0.15, 0.2) is 54.6 Å². The zero-order valence-corrected chi connectivity index (χ0v) is 17.0. The number of rotatable bonds is 7. The van der Waals surface area contributed by atoms with Gasteiger partial charge in [0.15, 0.2) is 0 Å². The highest BCUT2D eigenvalue weighted by Crippen LogP contribution is 2.17. The third-order valence-corrected chi connectivity index (χ3v) is 4.66. The Kier molecular flexibility index (Phi) is 6.79. The predicted octanol–water partition coefficient (Wildman–Crippen LogP) is 2.01. The van der Waals surface area contributed by atoms with Crippen LogP contribution in [0.25, 0.3) is 11.0 Å². The molecule has 0 saturated heterocycles. The first kappa shape index (κ1) is 21.0. The van der Waals surface area contributed by atoms with Gasteiger partial charge in [0.1, 0.15) is 12.4 Å². The molecule has 1 atom stereocenters. The van der Waals surface area contributed by atoms with Crippen molar-refractivity contribution < 1.29 is 14.4 Å². The molecule has 0 fully saturated rings. The van der Waals surface area contributed by atoms with Crippen LogP contribution in [0.5, 0.6) is 0 Å². The Hall–Kier alpha value is -3.68.